The molecule has 0 amide bonds. The van der Waals surface area contributed by atoms with E-state index in [4.69, 9.17) is 0 Å². The van der Waals surface area contributed by atoms with Crippen LogP contribution in [-0.2, 0) is 0 Å². The van der Waals surface area contributed by atoms with Crippen LogP contribution in [0.4, 0.5) is 0 Å². The van der Waals surface area contributed by atoms with Gasteiger partial charge < -0.3 is 4.90 Å². The van der Waals surface area contributed by atoms with Crippen molar-refractivity contribution in [3.8, 4) is 0 Å². The van der Waals surface area contributed by atoms with Gasteiger partial charge in [-0.2, -0.15) is 0 Å². The molecule has 90 valence electrons. The minimum Gasteiger partial charge on any atom is -0.360 e. The van der Waals surface area contributed by atoms with Crippen LogP contribution in [0.15, 0.2) is 17.1 Å². The van der Waals surface area contributed by atoms with E-state index in [1.54, 1.807) is 0 Å². The molecule has 0 radical (unpaired) electrons. The predicted molar refractivity (Wildman–Crippen MR) is 69.7 cm³/mol. The molecule has 2 aliphatic rings. The maximum atomic E-state index is 4.66. The van der Waals surface area contributed by atoms with Crippen molar-refractivity contribution in [1.82, 2.24) is 4.90 Å². The van der Waals surface area contributed by atoms with Crippen molar-refractivity contribution >= 4 is 5.84 Å². The number of hydrogen-bond donors (Lipinski definition) is 0. The molecule has 0 bridgehead atoms. The molecule has 1 aliphatic carbocycles. The summed E-state index contributed by atoms with van der Waals surface area (Å²) in [6.07, 6.45) is 2.44. The van der Waals surface area contributed by atoms with Crippen molar-refractivity contribution in [2.45, 2.75) is 39.7 Å². The van der Waals surface area contributed by atoms with Gasteiger partial charge in [0.15, 0.2) is 0 Å². The summed E-state index contributed by atoms with van der Waals surface area (Å²) >= 11 is 0. The Balaban J connectivity index is 2.27. The normalized spacial score (nSPS) is 40.1. The van der Waals surface area contributed by atoms with Gasteiger partial charge in [0.2, 0.25) is 0 Å². The first-order valence-electron chi connectivity index (χ1n) is 6.44. The molecule has 4 unspecified atom stereocenters. The van der Waals surface area contributed by atoms with E-state index in [9.17, 15) is 0 Å². The first kappa shape index (κ1) is 11.7. The third kappa shape index (κ3) is 1.79. The van der Waals surface area contributed by atoms with Gasteiger partial charge in [-0.3, -0.25) is 4.99 Å². The zero-order valence-electron chi connectivity index (χ0n) is 11.0. The average molecular weight is 220 g/mol. The molecule has 2 heteroatoms. The predicted octanol–water partition coefficient (Wildman–Crippen LogP) is 2.96. The van der Waals surface area contributed by atoms with Crippen LogP contribution in [-0.4, -0.2) is 30.4 Å². The molecule has 2 rings (SSSR count). The number of nitrogens with zero attached hydrogens (tertiary/aromatic N) is 2. The van der Waals surface area contributed by atoms with Gasteiger partial charge in [-0.1, -0.05) is 26.0 Å². The summed E-state index contributed by atoms with van der Waals surface area (Å²) in [5, 5.41) is 0. The van der Waals surface area contributed by atoms with Crippen molar-refractivity contribution in [3.63, 3.8) is 0 Å². The second-order valence-corrected chi connectivity index (χ2v) is 5.57. The third-order valence-corrected chi connectivity index (χ3v) is 4.90. The van der Waals surface area contributed by atoms with E-state index in [0.29, 0.717) is 23.8 Å². The van der Waals surface area contributed by atoms with Crippen LogP contribution in [0.25, 0.3) is 0 Å². The third-order valence-electron chi connectivity index (χ3n) is 4.90. The number of fused-ring (bicyclic) bond motifs is 1. The highest BCUT2D eigenvalue weighted by atomic mass is 15.2. The Hall–Kier alpha value is -0.790. The fourth-order valence-electron chi connectivity index (χ4n) is 3.23. The lowest BCUT2D eigenvalue weighted by atomic mass is 9.79. The Kier molecular flexibility index (Phi) is 3.09. The molecule has 4 atom stereocenters. The summed E-state index contributed by atoms with van der Waals surface area (Å²) in [6.45, 7) is 12.1. The van der Waals surface area contributed by atoms with Crippen LogP contribution in [0.2, 0.25) is 0 Å². The van der Waals surface area contributed by atoms with Crippen molar-refractivity contribution in [1.29, 1.82) is 0 Å². The molecule has 1 heterocycles. The maximum absolute atomic E-state index is 4.66. The Bertz CT molecular complexity index is 319. The first-order chi connectivity index (χ1) is 7.52. The van der Waals surface area contributed by atoms with Crippen molar-refractivity contribution in [3.05, 3.63) is 12.2 Å². The van der Waals surface area contributed by atoms with E-state index in [1.165, 1.54) is 24.3 Å². The second-order valence-electron chi connectivity index (χ2n) is 5.57. The zero-order chi connectivity index (χ0) is 11.9. The fourth-order valence-corrected chi connectivity index (χ4v) is 3.23. The minimum absolute atomic E-state index is 0.650. The van der Waals surface area contributed by atoms with Gasteiger partial charge in [-0.05, 0) is 31.6 Å². The van der Waals surface area contributed by atoms with Gasteiger partial charge in [0.1, 0.15) is 0 Å². The summed E-state index contributed by atoms with van der Waals surface area (Å²) in [5.41, 5.74) is 1.44. The van der Waals surface area contributed by atoms with E-state index >= 15 is 0 Å². The van der Waals surface area contributed by atoms with Crippen molar-refractivity contribution in [2.75, 3.05) is 13.6 Å². The highest BCUT2D eigenvalue weighted by Gasteiger charge is 2.38. The molecular weight excluding hydrogens is 196 g/mol. The Morgan fingerprint density at radius 3 is 2.75 bits per heavy atom. The summed E-state index contributed by atoms with van der Waals surface area (Å²) in [4.78, 5) is 7.04. The van der Waals surface area contributed by atoms with Gasteiger partial charge in [0, 0.05) is 25.6 Å². The lowest BCUT2D eigenvalue weighted by Gasteiger charge is -2.41. The van der Waals surface area contributed by atoms with E-state index in [0.717, 1.165) is 6.54 Å². The Morgan fingerprint density at radius 1 is 1.38 bits per heavy atom. The van der Waals surface area contributed by atoms with E-state index < -0.39 is 0 Å². The van der Waals surface area contributed by atoms with Crippen LogP contribution in [0, 0.1) is 17.8 Å². The lowest BCUT2D eigenvalue weighted by Crippen LogP contribution is -2.47. The van der Waals surface area contributed by atoms with Crippen LogP contribution in [0.1, 0.15) is 33.6 Å². The molecule has 0 spiro atoms. The molecule has 0 aromatic heterocycles. The molecule has 2 nitrogen and oxygen atoms in total. The van der Waals surface area contributed by atoms with Crippen LogP contribution in [0.3, 0.4) is 0 Å². The Morgan fingerprint density at radius 2 is 2.06 bits per heavy atom. The number of hydrogen-bond acceptors (Lipinski definition) is 2. The van der Waals surface area contributed by atoms with Crippen LogP contribution in [0.5, 0.6) is 0 Å². The summed E-state index contributed by atoms with van der Waals surface area (Å²) in [6, 6.07) is 0.675. The number of aliphatic imine (C=N–C) groups is 1. The number of allylic oxidation sites excluding steroid dienone is 1. The molecule has 1 saturated carbocycles. The molecule has 16 heavy (non-hydrogen) atoms. The SMILES string of the molecule is C=C1CCC2C(CN=C(C)N2C)C(C)C1C. The molecular formula is C14H24N2. The standard InChI is InChI=1S/C14H24N2/c1-9-6-7-14-13(11(3)10(9)2)8-15-12(4)16(14)5/h10-11,13-14H,1,6-8H2,2-5H3. The molecule has 1 aliphatic heterocycles. The monoisotopic (exact) mass is 220 g/mol. The van der Waals surface area contributed by atoms with E-state index in [1.807, 2.05) is 0 Å². The van der Waals surface area contributed by atoms with E-state index in [2.05, 4.69) is 44.3 Å². The van der Waals surface area contributed by atoms with Crippen LogP contribution < -0.4 is 0 Å². The highest BCUT2D eigenvalue weighted by Crippen LogP contribution is 2.39. The first-order valence-corrected chi connectivity index (χ1v) is 6.44. The zero-order valence-corrected chi connectivity index (χ0v) is 11.0. The largest absolute Gasteiger partial charge is 0.360 e. The van der Waals surface area contributed by atoms with Gasteiger partial charge in [-0.15, -0.1) is 0 Å². The fraction of sp³-hybridized carbons (Fsp3) is 0.786. The van der Waals surface area contributed by atoms with E-state index in [-0.39, 0.29) is 0 Å². The van der Waals surface area contributed by atoms with Crippen molar-refractivity contribution in [2.24, 2.45) is 22.7 Å². The molecule has 0 aromatic carbocycles. The van der Waals surface area contributed by atoms with Crippen LogP contribution >= 0.6 is 0 Å². The molecule has 0 saturated heterocycles. The minimum atomic E-state index is 0.650. The lowest BCUT2D eigenvalue weighted by molar-refractivity contribution is 0.170. The average Bonchev–Trinajstić information content (AvgIpc) is 2.37. The van der Waals surface area contributed by atoms with Gasteiger partial charge in [0.25, 0.3) is 0 Å². The van der Waals surface area contributed by atoms with Gasteiger partial charge >= 0.3 is 0 Å². The van der Waals surface area contributed by atoms with Gasteiger partial charge in [-0.25, -0.2) is 0 Å². The second kappa shape index (κ2) is 4.23. The molecule has 1 fully saturated rings. The van der Waals surface area contributed by atoms with Gasteiger partial charge in [0.05, 0.1) is 5.84 Å². The molecule has 0 aromatic rings. The highest BCUT2D eigenvalue weighted by molar-refractivity contribution is 5.80. The number of amidine groups is 1. The molecule has 0 N–H and O–H groups in total. The number of rotatable bonds is 0. The summed E-state index contributed by atoms with van der Waals surface area (Å²) < 4.78 is 0. The summed E-state index contributed by atoms with van der Waals surface area (Å²) in [5.74, 6) is 3.27. The topological polar surface area (TPSA) is 15.6 Å². The smallest absolute Gasteiger partial charge is 0.0957 e. The van der Waals surface area contributed by atoms with Crippen molar-refractivity contribution < 1.29 is 0 Å². The Labute approximate surface area is 99.4 Å². The quantitative estimate of drug-likeness (QED) is 0.573. The summed E-state index contributed by atoms with van der Waals surface area (Å²) in [7, 11) is 2.20. The maximum Gasteiger partial charge on any atom is 0.0957 e.